The Balaban J connectivity index is 2.27. The molecule has 1 fully saturated rings. The van der Waals surface area contributed by atoms with Gasteiger partial charge in [-0.15, -0.1) is 0 Å². The van der Waals surface area contributed by atoms with E-state index < -0.39 is 29.1 Å². The molecule has 0 radical (unpaired) electrons. The van der Waals surface area contributed by atoms with Gasteiger partial charge in [-0.3, -0.25) is 4.57 Å². The van der Waals surface area contributed by atoms with Crippen LogP contribution >= 0.6 is 0 Å². The first-order valence-corrected chi connectivity index (χ1v) is 7.21. The first-order valence-electron chi connectivity index (χ1n) is 7.21. The Bertz CT molecular complexity index is 774. The Labute approximate surface area is 132 Å². The molecule has 0 amide bonds. The third kappa shape index (κ3) is 1.67. The molecule has 3 heterocycles. The van der Waals surface area contributed by atoms with Crippen molar-refractivity contribution < 1.29 is 20.1 Å². The van der Waals surface area contributed by atoms with Gasteiger partial charge in [0, 0.05) is 0 Å². The average molecular weight is 323 g/mol. The number of aliphatic hydroxyl groups is 3. The van der Waals surface area contributed by atoms with E-state index >= 15 is 0 Å². The van der Waals surface area contributed by atoms with Gasteiger partial charge < -0.3 is 25.8 Å². The van der Waals surface area contributed by atoms with Crippen LogP contribution in [0.5, 0.6) is 0 Å². The van der Waals surface area contributed by atoms with E-state index in [9.17, 15) is 15.3 Å². The summed E-state index contributed by atoms with van der Waals surface area (Å²) in [5.41, 5.74) is 0.192. The molecule has 9 heteroatoms. The van der Waals surface area contributed by atoms with Crippen molar-refractivity contribution in [1.29, 1.82) is 0 Å². The molecule has 9 nitrogen and oxygen atoms in total. The molecule has 1 aliphatic heterocycles. The smallest absolute Gasteiger partial charge is 0.177 e. The first-order chi connectivity index (χ1) is 10.5. The number of anilines is 1. The number of rotatable bonds is 2. The van der Waals surface area contributed by atoms with Gasteiger partial charge in [-0.25, -0.2) is 15.0 Å². The van der Waals surface area contributed by atoms with Gasteiger partial charge >= 0.3 is 0 Å². The van der Waals surface area contributed by atoms with Gasteiger partial charge in [0.2, 0.25) is 0 Å². The van der Waals surface area contributed by atoms with Crippen LogP contribution in [0.1, 0.15) is 27.7 Å². The first kappa shape index (κ1) is 16.1. The van der Waals surface area contributed by atoms with Gasteiger partial charge in [0.15, 0.2) is 17.2 Å². The number of hydrogen-bond acceptors (Lipinski definition) is 8. The molecule has 1 saturated heterocycles. The Morgan fingerprint density at radius 2 is 1.78 bits per heavy atom. The van der Waals surface area contributed by atoms with Gasteiger partial charge in [0.25, 0.3) is 0 Å². The molecule has 3 rings (SSSR count). The molecule has 0 spiro atoms. The molecular formula is C14H21N5O4. The average Bonchev–Trinajstić information content (AvgIpc) is 2.95. The van der Waals surface area contributed by atoms with E-state index in [2.05, 4.69) is 15.0 Å². The summed E-state index contributed by atoms with van der Waals surface area (Å²) in [6, 6.07) is 0. The SMILES string of the molecule is CC1(O)[C@@](C)(CO)O[C@@](C)(n2cnc3c(N)ncnc32)[C@@]1(C)O. The van der Waals surface area contributed by atoms with Crippen molar-refractivity contribution in [1.82, 2.24) is 19.5 Å². The van der Waals surface area contributed by atoms with E-state index in [1.54, 1.807) is 6.92 Å². The molecule has 0 saturated carbocycles. The predicted molar refractivity (Wildman–Crippen MR) is 81.2 cm³/mol. The normalized spacial score (nSPS) is 40.8. The van der Waals surface area contributed by atoms with Gasteiger partial charge in [-0.05, 0) is 27.7 Å². The number of fused-ring (bicyclic) bond motifs is 1. The number of nitrogens with zero attached hydrogens (tertiary/aromatic N) is 4. The van der Waals surface area contributed by atoms with Crippen LogP contribution in [-0.2, 0) is 10.5 Å². The third-order valence-corrected chi connectivity index (χ3v) is 5.43. The minimum Gasteiger partial charge on any atom is -0.393 e. The van der Waals surface area contributed by atoms with E-state index in [0.29, 0.717) is 11.2 Å². The molecule has 23 heavy (non-hydrogen) atoms. The summed E-state index contributed by atoms with van der Waals surface area (Å²) in [5.74, 6) is 0.201. The number of ether oxygens (including phenoxy) is 1. The summed E-state index contributed by atoms with van der Waals surface area (Å²) in [5, 5.41) is 31.7. The van der Waals surface area contributed by atoms with E-state index in [4.69, 9.17) is 10.5 Å². The summed E-state index contributed by atoms with van der Waals surface area (Å²) in [4.78, 5) is 12.2. The van der Waals surface area contributed by atoms with Crippen LogP contribution in [-0.4, -0.2) is 58.2 Å². The molecule has 2 aromatic rings. The highest BCUT2D eigenvalue weighted by atomic mass is 16.6. The maximum atomic E-state index is 11.1. The van der Waals surface area contributed by atoms with E-state index in [1.165, 1.54) is 38.0 Å². The Hall–Kier alpha value is -1.81. The lowest BCUT2D eigenvalue weighted by Gasteiger charge is -2.42. The molecular weight excluding hydrogens is 302 g/mol. The minimum atomic E-state index is -1.76. The summed E-state index contributed by atoms with van der Waals surface area (Å²) in [6.45, 7) is 5.54. The fourth-order valence-corrected chi connectivity index (χ4v) is 3.24. The molecule has 5 N–H and O–H groups in total. The van der Waals surface area contributed by atoms with Crippen LogP contribution in [0.2, 0.25) is 0 Å². The zero-order valence-electron chi connectivity index (χ0n) is 13.5. The van der Waals surface area contributed by atoms with Crippen molar-refractivity contribution >= 4 is 17.0 Å². The molecule has 126 valence electrons. The summed E-state index contributed by atoms with van der Waals surface area (Å²) in [7, 11) is 0. The summed E-state index contributed by atoms with van der Waals surface area (Å²) >= 11 is 0. The van der Waals surface area contributed by atoms with Gasteiger partial charge in [0.1, 0.15) is 28.6 Å². The van der Waals surface area contributed by atoms with Crippen molar-refractivity contribution in [3.8, 4) is 0 Å². The number of aliphatic hydroxyl groups excluding tert-OH is 1. The second-order valence-corrected chi connectivity index (χ2v) is 6.66. The fourth-order valence-electron chi connectivity index (χ4n) is 3.24. The van der Waals surface area contributed by atoms with Crippen molar-refractivity contribution in [2.45, 2.75) is 50.2 Å². The Kier molecular flexibility index (Phi) is 3.06. The fraction of sp³-hybridized carbons (Fsp3) is 0.643. The number of nitrogens with two attached hydrogens (primary N) is 1. The van der Waals surface area contributed by atoms with Crippen LogP contribution in [0.25, 0.3) is 11.2 Å². The second kappa shape index (κ2) is 4.38. The highest BCUT2D eigenvalue weighted by Crippen LogP contribution is 2.54. The zero-order valence-corrected chi connectivity index (χ0v) is 13.5. The van der Waals surface area contributed by atoms with E-state index in [-0.39, 0.29) is 5.82 Å². The third-order valence-electron chi connectivity index (χ3n) is 5.43. The molecule has 0 bridgehead atoms. The van der Waals surface area contributed by atoms with Crippen molar-refractivity contribution in [3.63, 3.8) is 0 Å². The molecule has 0 aliphatic carbocycles. The van der Waals surface area contributed by atoms with Crippen LogP contribution in [0, 0.1) is 0 Å². The monoisotopic (exact) mass is 323 g/mol. The molecule has 1 aliphatic rings. The van der Waals surface area contributed by atoms with Crippen molar-refractivity contribution in [3.05, 3.63) is 12.7 Å². The number of imidazole rings is 1. The van der Waals surface area contributed by atoms with E-state index in [1.807, 2.05) is 0 Å². The maximum Gasteiger partial charge on any atom is 0.177 e. The standard InChI is InChI=1S/C14H21N5O4/c1-11(5-20)12(2,21)13(3,22)14(4,23-11)19-7-18-8-9(15)16-6-17-10(8)19/h6-7,20-22H,5H2,1-4H3,(H2,15,16,17)/t11-,12?,13+,14-/m1/s1. The lowest BCUT2D eigenvalue weighted by Crippen LogP contribution is -2.63. The topological polar surface area (TPSA) is 140 Å². The molecule has 1 unspecified atom stereocenters. The predicted octanol–water partition coefficient (Wildman–Crippen LogP) is -0.636. The minimum absolute atomic E-state index is 0.201. The van der Waals surface area contributed by atoms with Crippen LogP contribution in [0.15, 0.2) is 12.7 Å². The van der Waals surface area contributed by atoms with Crippen molar-refractivity contribution in [2.24, 2.45) is 0 Å². The zero-order chi connectivity index (χ0) is 17.3. The number of nitrogen functional groups attached to an aromatic ring is 1. The lowest BCUT2D eigenvalue weighted by molar-refractivity contribution is -0.192. The molecule has 4 atom stereocenters. The van der Waals surface area contributed by atoms with Gasteiger partial charge in [-0.1, -0.05) is 0 Å². The lowest BCUT2D eigenvalue weighted by atomic mass is 9.73. The quantitative estimate of drug-likeness (QED) is 0.572. The van der Waals surface area contributed by atoms with Gasteiger partial charge in [0.05, 0.1) is 12.9 Å². The van der Waals surface area contributed by atoms with Crippen LogP contribution in [0.4, 0.5) is 5.82 Å². The van der Waals surface area contributed by atoms with Crippen molar-refractivity contribution in [2.75, 3.05) is 12.3 Å². The Morgan fingerprint density at radius 1 is 1.13 bits per heavy atom. The molecule has 2 aromatic heterocycles. The highest BCUT2D eigenvalue weighted by molar-refractivity contribution is 5.81. The number of aromatic nitrogens is 4. The van der Waals surface area contributed by atoms with Crippen LogP contribution in [0.3, 0.4) is 0 Å². The van der Waals surface area contributed by atoms with Gasteiger partial charge in [-0.2, -0.15) is 0 Å². The largest absolute Gasteiger partial charge is 0.393 e. The molecule has 0 aromatic carbocycles. The highest BCUT2D eigenvalue weighted by Gasteiger charge is 2.72. The van der Waals surface area contributed by atoms with Crippen LogP contribution < -0.4 is 5.73 Å². The maximum absolute atomic E-state index is 11.1. The van der Waals surface area contributed by atoms with E-state index in [0.717, 1.165) is 0 Å². The Morgan fingerprint density at radius 3 is 2.35 bits per heavy atom. The summed E-state index contributed by atoms with van der Waals surface area (Å²) < 4.78 is 7.48. The number of hydrogen-bond donors (Lipinski definition) is 4. The second-order valence-electron chi connectivity index (χ2n) is 6.66. The summed E-state index contributed by atoms with van der Waals surface area (Å²) in [6.07, 6.45) is 2.70.